The van der Waals surface area contributed by atoms with Gasteiger partial charge in [0, 0.05) is 11.4 Å². The monoisotopic (exact) mass is 268 g/mol. The van der Waals surface area contributed by atoms with Crippen molar-refractivity contribution in [1.29, 1.82) is 0 Å². The number of para-hydroxylation sites is 1. The van der Waals surface area contributed by atoms with E-state index in [-0.39, 0.29) is 0 Å². The molecule has 0 aliphatic heterocycles. The molecule has 0 amide bonds. The van der Waals surface area contributed by atoms with Crippen LogP contribution in [0.1, 0.15) is 18.9 Å². The second kappa shape index (κ2) is 5.07. The van der Waals surface area contributed by atoms with E-state index in [1.54, 1.807) is 0 Å². The maximum absolute atomic E-state index is 12.3. The number of aromatic nitrogens is 1. The zero-order chi connectivity index (χ0) is 14.0. The van der Waals surface area contributed by atoms with Gasteiger partial charge in [-0.05, 0) is 31.5 Å². The van der Waals surface area contributed by atoms with Crippen molar-refractivity contribution >= 4 is 16.7 Å². The minimum Gasteiger partial charge on any atom is -0.367 e. The Kier molecular flexibility index (Phi) is 3.64. The second-order valence-corrected chi connectivity index (χ2v) is 4.71. The molecule has 2 rings (SSSR count). The van der Waals surface area contributed by atoms with E-state index in [2.05, 4.69) is 10.3 Å². The number of hydrogen-bond acceptors (Lipinski definition) is 2. The maximum atomic E-state index is 12.3. The highest BCUT2D eigenvalue weighted by atomic mass is 19.4. The summed E-state index contributed by atoms with van der Waals surface area (Å²) in [6, 6.07) is 8.75. The second-order valence-electron chi connectivity index (χ2n) is 4.71. The Morgan fingerprint density at radius 2 is 1.95 bits per heavy atom. The van der Waals surface area contributed by atoms with Gasteiger partial charge in [-0.2, -0.15) is 13.2 Å². The van der Waals surface area contributed by atoms with Crippen LogP contribution in [0.15, 0.2) is 30.3 Å². The summed E-state index contributed by atoms with van der Waals surface area (Å²) in [5, 5.41) is 3.81. The molecule has 0 saturated carbocycles. The topological polar surface area (TPSA) is 24.9 Å². The molecular formula is C14H15F3N2. The molecule has 0 spiro atoms. The first-order valence-corrected chi connectivity index (χ1v) is 6.05. The summed E-state index contributed by atoms with van der Waals surface area (Å²) in [5.41, 5.74) is 1.61. The standard InChI is InChI=1S/C14H15F3N2/c1-9-7-11-5-3-4-6-12(11)19-13(9)18-10(2)8-14(15,16)17/h3-7,10H,8H2,1-2H3,(H,18,19). The van der Waals surface area contributed by atoms with Crippen molar-refractivity contribution in [2.24, 2.45) is 0 Å². The van der Waals surface area contributed by atoms with Crippen LogP contribution in [0.5, 0.6) is 0 Å². The van der Waals surface area contributed by atoms with Gasteiger partial charge in [0.25, 0.3) is 0 Å². The lowest BCUT2D eigenvalue weighted by atomic mass is 10.1. The van der Waals surface area contributed by atoms with E-state index in [1.807, 2.05) is 37.3 Å². The molecule has 0 bridgehead atoms. The number of rotatable bonds is 3. The predicted octanol–water partition coefficient (Wildman–Crippen LogP) is 4.30. The number of nitrogens with one attached hydrogen (secondary N) is 1. The van der Waals surface area contributed by atoms with E-state index in [1.165, 1.54) is 6.92 Å². The first-order chi connectivity index (χ1) is 8.85. The summed E-state index contributed by atoms with van der Waals surface area (Å²) in [6.45, 7) is 3.34. The van der Waals surface area contributed by atoms with E-state index in [9.17, 15) is 13.2 Å². The van der Waals surface area contributed by atoms with Crippen molar-refractivity contribution in [3.05, 3.63) is 35.9 Å². The van der Waals surface area contributed by atoms with Crippen molar-refractivity contribution in [3.8, 4) is 0 Å². The number of pyridine rings is 1. The fourth-order valence-electron chi connectivity index (χ4n) is 2.00. The van der Waals surface area contributed by atoms with Crippen LogP contribution in [-0.4, -0.2) is 17.2 Å². The summed E-state index contributed by atoms with van der Waals surface area (Å²) >= 11 is 0. The van der Waals surface area contributed by atoms with E-state index in [0.29, 0.717) is 5.82 Å². The van der Waals surface area contributed by atoms with Gasteiger partial charge in [-0.3, -0.25) is 0 Å². The number of hydrogen-bond donors (Lipinski definition) is 1. The number of alkyl halides is 3. The Morgan fingerprint density at radius 1 is 1.26 bits per heavy atom. The molecule has 1 unspecified atom stereocenters. The Morgan fingerprint density at radius 3 is 2.63 bits per heavy atom. The van der Waals surface area contributed by atoms with Gasteiger partial charge in [-0.25, -0.2) is 4.98 Å². The van der Waals surface area contributed by atoms with Gasteiger partial charge >= 0.3 is 6.18 Å². The highest BCUT2D eigenvalue weighted by Gasteiger charge is 2.30. The molecule has 0 saturated heterocycles. The number of fused-ring (bicyclic) bond motifs is 1. The summed E-state index contributed by atoms with van der Waals surface area (Å²) in [4.78, 5) is 4.37. The zero-order valence-electron chi connectivity index (χ0n) is 10.8. The Labute approximate surface area is 109 Å². The Hall–Kier alpha value is -1.78. The predicted molar refractivity (Wildman–Crippen MR) is 70.2 cm³/mol. The highest BCUT2D eigenvalue weighted by molar-refractivity contribution is 5.81. The van der Waals surface area contributed by atoms with Crippen molar-refractivity contribution in [2.45, 2.75) is 32.5 Å². The van der Waals surface area contributed by atoms with Crippen molar-refractivity contribution < 1.29 is 13.2 Å². The number of benzene rings is 1. The molecule has 2 nitrogen and oxygen atoms in total. The summed E-state index contributed by atoms with van der Waals surface area (Å²) in [7, 11) is 0. The van der Waals surface area contributed by atoms with Crippen molar-refractivity contribution in [2.75, 3.05) is 5.32 Å². The fourth-order valence-corrected chi connectivity index (χ4v) is 2.00. The maximum Gasteiger partial charge on any atom is 0.391 e. The molecule has 102 valence electrons. The van der Waals surface area contributed by atoms with Crippen LogP contribution < -0.4 is 5.32 Å². The molecule has 0 radical (unpaired) electrons. The highest BCUT2D eigenvalue weighted by Crippen LogP contribution is 2.25. The molecule has 2 aromatic rings. The average Bonchev–Trinajstić information content (AvgIpc) is 2.27. The fraction of sp³-hybridized carbons (Fsp3) is 0.357. The van der Waals surface area contributed by atoms with Gasteiger partial charge in [0.1, 0.15) is 5.82 Å². The minimum atomic E-state index is -4.17. The molecule has 1 aromatic carbocycles. The number of halogens is 3. The van der Waals surface area contributed by atoms with Gasteiger partial charge in [-0.1, -0.05) is 18.2 Å². The van der Waals surface area contributed by atoms with Crippen LogP contribution in [0.3, 0.4) is 0 Å². The van der Waals surface area contributed by atoms with Crippen LogP contribution >= 0.6 is 0 Å². The zero-order valence-corrected chi connectivity index (χ0v) is 10.8. The molecule has 0 fully saturated rings. The molecule has 5 heteroatoms. The summed E-state index contributed by atoms with van der Waals surface area (Å²) in [5.74, 6) is 0.510. The van der Waals surface area contributed by atoms with Crippen LogP contribution in [-0.2, 0) is 0 Å². The number of anilines is 1. The van der Waals surface area contributed by atoms with Crippen LogP contribution in [0, 0.1) is 6.92 Å². The van der Waals surface area contributed by atoms with Crippen molar-refractivity contribution in [1.82, 2.24) is 4.98 Å². The van der Waals surface area contributed by atoms with Gasteiger partial charge in [-0.15, -0.1) is 0 Å². The average molecular weight is 268 g/mol. The lowest BCUT2D eigenvalue weighted by Crippen LogP contribution is -2.24. The molecule has 0 aliphatic carbocycles. The van der Waals surface area contributed by atoms with Gasteiger partial charge < -0.3 is 5.32 Å². The van der Waals surface area contributed by atoms with E-state index in [4.69, 9.17) is 0 Å². The van der Waals surface area contributed by atoms with E-state index >= 15 is 0 Å². The summed E-state index contributed by atoms with van der Waals surface area (Å²) < 4.78 is 36.9. The molecule has 1 aromatic heterocycles. The molecule has 19 heavy (non-hydrogen) atoms. The van der Waals surface area contributed by atoms with Crippen LogP contribution in [0.25, 0.3) is 10.9 Å². The molecule has 1 atom stereocenters. The van der Waals surface area contributed by atoms with Gasteiger partial charge in [0.2, 0.25) is 0 Å². The lowest BCUT2D eigenvalue weighted by Gasteiger charge is -2.18. The van der Waals surface area contributed by atoms with Gasteiger partial charge in [0.15, 0.2) is 0 Å². The molecule has 1 heterocycles. The first-order valence-electron chi connectivity index (χ1n) is 6.05. The van der Waals surface area contributed by atoms with Crippen molar-refractivity contribution in [3.63, 3.8) is 0 Å². The van der Waals surface area contributed by atoms with E-state index in [0.717, 1.165) is 16.5 Å². The third-order valence-electron chi connectivity index (χ3n) is 2.84. The molecule has 1 N–H and O–H groups in total. The number of aryl methyl sites for hydroxylation is 1. The Balaban J connectivity index is 2.23. The SMILES string of the molecule is Cc1cc2ccccc2nc1NC(C)CC(F)(F)F. The largest absolute Gasteiger partial charge is 0.391 e. The third-order valence-corrected chi connectivity index (χ3v) is 2.84. The minimum absolute atomic E-state index is 0.510. The first kappa shape index (κ1) is 13.6. The molecular weight excluding hydrogens is 253 g/mol. The molecule has 0 aliphatic rings. The van der Waals surface area contributed by atoms with Gasteiger partial charge in [0.05, 0.1) is 11.9 Å². The normalized spacial score (nSPS) is 13.5. The smallest absolute Gasteiger partial charge is 0.367 e. The van der Waals surface area contributed by atoms with E-state index < -0.39 is 18.6 Å². The summed E-state index contributed by atoms with van der Waals surface area (Å²) in [6.07, 6.45) is -5.04. The lowest BCUT2D eigenvalue weighted by molar-refractivity contribution is -0.136. The third kappa shape index (κ3) is 3.59. The quantitative estimate of drug-likeness (QED) is 0.897. The van der Waals surface area contributed by atoms with Crippen LogP contribution in [0.4, 0.5) is 19.0 Å². The van der Waals surface area contributed by atoms with Crippen LogP contribution in [0.2, 0.25) is 0 Å². The Bertz CT molecular complexity index is 578. The number of nitrogens with zero attached hydrogens (tertiary/aromatic N) is 1.